The lowest BCUT2D eigenvalue weighted by atomic mass is 10.3. The van der Waals surface area contributed by atoms with Crippen LogP contribution in [0.3, 0.4) is 0 Å². The fourth-order valence-corrected chi connectivity index (χ4v) is 2.19. The molecular formula is C7H11F2NOS. The van der Waals surface area contributed by atoms with E-state index in [-0.39, 0.29) is 6.04 Å². The Bertz CT molecular complexity index is 177. The second-order valence-corrected chi connectivity index (χ2v) is 3.91. The second-order valence-electron chi connectivity index (χ2n) is 2.76. The zero-order chi connectivity index (χ0) is 9.14. The molecule has 0 aromatic heterocycles. The number of amides is 1. The van der Waals surface area contributed by atoms with Crippen LogP contribution in [0.1, 0.15) is 6.92 Å². The number of alkyl halides is 2. The molecule has 1 aliphatic rings. The van der Waals surface area contributed by atoms with Gasteiger partial charge in [-0.25, -0.2) is 0 Å². The number of carbonyl (C=O) groups excluding carboxylic acids is 1. The van der Waals surface area contributed by atoms with E-state index in [1.165, 1.54) is 4.90 Å². The Balaban J connectivity index is 2.53. The van der Waals surface area contributed by atoms with Gasteiger partial charge in [-0.2, -0.15) is 20.5 Å². The molecule has 1 heterocycles. The maximum atomic E-state index is 12.0. The smallest absolute Gasteiger partial charge is 0.315 e. The van der Waals surface area contributed by atoms with Crippen molar-refractivity contribution in [3.8, 4) is 0 Å². The third-order valence-electron chi connectivity index (χ3n) is 1.84. The number of hydrogen-bond acceptors (Lipinski definition) is 2. The summed E-state index contributed by atoms with van der Waals surface area (Å²) in [7, 11) is 0. The molecule has 0 aliphatic carbocycles. The van der Waals surface area contributed by atoms with Crippen LogP contribution >= 0.6 is 11.8 Å². The van der Waals surface area contributed by atoms with Gasteiger partial charge in [0.05, 0.1) is 0 Å². The molecule has 12 heavy (non-hydrogen) atoms. The topological polar surface area (TPSA) is 20.3 Å². The van der Waals surface area contributed by atoms with Crippen molar-refractivity contribution in [3.05, 3.63) is 0 Å². The molecule has 1 aliphatic heterocycles. The summed E-state index contributed by atoms with van der Waals surface area (Å²) >= 11 is 1.70. The normalized spacial score (nSPS) is 24.7. The first-order chi connectivity index (χ1) is 5.63. The molecule has 2 nitrogen and oxygen atoms in total. The molecule has 0 radical (unpaired) electrons. The molecule has 0 saturated carbocycles. The minimum absolute atomic E-state index is 0.0507. The van der Waals surface area contributed by atoms with Crippen molar-refractivity contribution < 1.29 is 13.6 Å². The highest BCUT2D eigenvalue weighted by molar-refractivity contribution is 7.99. The van der Waals surface area contributed by atoms with E-state index in [4.69, 9.17) is 0 Å². The summed E-state index contributed by atoms with van der Waals surface area (Å²) in [5.74, 6) is 0.504. The third-order valence-corrected chi connectivity index (χ3v) is 3.03. The standard InChI is InChI=1S/C7H11F2NOS/c1-5-4-12-3-2-10(5)7(11)6(8)9/h5-6H,2-4H2,1H3. The van der Waals surface area contributed by atoms with Crippen LogP contribution < -0.4 is 0 Å². The molecule has 0 aromatic rings. The van der Waals surface area contributed by atoms with E-state index in [9.17, 15) is 13.6 Å². The summed E-state index contributed by atoms with van der Waals surface area (Å²) in [6, 6.07) is -0.0507. The quantitative estimate of drug-likeness (QED) is 0.627. The van der Waals surface area contributed by atoms with Crippen molar-refractivity contribution in [2.75, 3.05) is 18.1 Å². The van der Waals surface area contributed by atoms with Gasteiger partial charge < -0.3 is 4.90 Å². The Morgan fingerprint density at radius 1 is 1.67 bits per heavy atom. The molecule has 0 bridgehead atoms. The monoisotopic (exact) mass is 195 g/mol. The predicted octanol–water partition coefficient (Wildman–Crippen LogP) is 1.22. The van der Waals surface area contributed by atoms with Gasteiger partial charge in [-0.15, -0.1) is 0 Å². The van der Waals surface area contributed by atoms with Crippen LogP contribution in [0.4, 0.5) is 8.78 Å². The highest BCUT2D eigenvalue weighted by atomic mass is 32.2. The molecule has 70 valence electrons. The first-order valence-corrected chi connectivity index (χ1v) is 4.94. The Morgan fingerprint density at radius 2 is 2.33 bits per heavy atom. The number of rotatable bonds is 1. The number of nitrogens with zero attached hydrogens (tertiary/aromatic N) is 1. The Kier molecular flexibility index (Phi) is 3.31. The number of carbonyl (C=O) groups is 1. The van der Waals surface area contributed by atoms with Gasteiger partial charge in [-0.05, 0) is 6.92 Å². The van der Waals surface area contributed by atoms with Crippen molar-refractivity contribution in [1.82, 2.24) is 4.90 Å². The van der Waals surface area contributed by atoms with Gasteiger partial charge in [0.2, 0.25) is 0 Å². The number of hydrogen-bond donors (Lipinski definition) is 0. The Morgan fingerprint density at radius 3 is 2.83 bits per heavy atom. The van der Waals surface area contributed by atoms with Crippen LogP contribution in [0, 0.1) is 0 Å². The molecular weight excluding hydrogens is 184 g/mol. The summed E-state index contributed by atoms with van der Waals surface area (Å²) < 4.78 is 24.0. The molecule has 1 unspecified atom stereocenters. The van der Waals surface area contributed by atoms with Crippen LogP contribution in [-0.4, -0.2) is 41.3 Å². The Labute approximate surface area is 74.3 Å². The lowest BCUT2D eigenvalue weighted by Gasteiger charge is -2.32. The SMILES string of the molecule is CC1CSCCN1C(=O)C(F)F. The summed E-state index contributed by atoms with van der Waals surface area (Å²) in [5, 5.41) is 0. The molecule has 5 heteroatoms. The maximum Gasteiger partial charge on any atom is 0.315 e. The molecule has 1 fully saturated rings. The first-order valence-electron chi connectivity index (χ1n) is 3.79. The molecule has 1 saturated heterocycles. The molecule has 1 amide bonds. The average molecular weight is 195 g/mol. The van der Waals surface area contributed by atoms with Gasteiger partial charge in [0, 0.05) is 24.1 Å². The fourth-order valence-electron chi connectivity index (χ4n) is 1.18. The summed E-state index contributed by atoms with van der Waals surface area (Å²) in [6.45, 7) is 2.25. The summed E-state index contributed by atoms with van der Waals surface area (Å²) in [5.41, 5.74) is 0. The van der Waals surface area contributed by atoms with Gasteiger partial charge in [0.1, 0.15) is 0 Å². The summed E-state index contributed by atoms with van der Waals surface area (Å²) in [4.78, 5) is 12.1. The lowest BCUT2D eigenvalue weighted by molar-refractivity contribution is -0.144. The van der Waals surface area contributed by atoms with Gasteiger partial charge in [0.15, 0.2) is 0 Å². The van der Waals surface area contributed by atoms with Crippen LogP contribution in [0.25, 0.3) is 0 Å². The molecule has 0 aromatic carbocycles. The van der Waals surface area contributed by atoms with E-state index < -0.39 is 12.3 Å². The van der Waals surface area contributed by atoms with Crippen LogP contribution in [0.5, 0.6) is 0 Å². The second kappa shape index (κ2) is 4.07. The molecule has 1 rings (SSSR count). The Hall–Kier alpha value is -0.320. The van der Waals surface area contributed by atoms with Gasteiger partial charge >= 0.3 is 6.43 Å². The van der Waals surface area contributed by atoms with E-state index in [1.54, 1.807) is 18.7 Å². The van der Waals surface area contributed by atoms with E-state index in [1.807, 2.05) is 0 Å². The summed E-state index contributed by atoms with van der Waals surface area (Å²) in [6.07, 6.45) is -2.85. The van der Waals surface area contributed by atoms with Crippen molar-refractivity contribution in [3.63, 3.8) is 0 Å². The van der Waals surface area contributed by atoms with Gasteiger partial charge in [-0.3, -0.25) is 4.79 Å². The zero-order valence-electron chi connectivity index (χ0n) is 6.80. The highest BCUT2D eigenvalue weighted by Gasteiger charge is 2.28. The maximum absolute atomic E-state index is 12.0. The van der Waals surface area contributed by atoms with Crippen molar-refractivity contribution in [1.29, 1.82) is 0 Å². The molecule has 1 atom stereocenters. The highest BCUT2D eigenvalue weighted by Crippen LogP contribution is 2.17. The van der Waals surface area contributed by atoms with Crippen LogP contribution in [-0.2, 0) is 4.79 Å². The van der Waals surface area contributed by atoms with Crippen molar-refractivity contribution in [2.45, 2.75) is 19.4 Å². The minimum Gasteiger partial charge on any atom is -0.333 e. The van der Waals surface area contributed by atoms with Crippen molar-refractivity contribution in [2.24, 2.45) is 0 Å². The molecule has 0 N–H and O–H groups in total. The van der Waals surface area contributed by atoms with Crippen LogP contribution in [0.2, 0.25) is 0 Å². The lowest BCUT2D eigenvalue weighted by Crippen LogP contribution is -2.46. The number of thioether (sulfide) groups is 1. The average Bonchev–Trinajstić information content (AvgIpc) is 2.04. The third kappa shape index (κ3) is 2.09. The zero-order valence-corrected chi connectivity index (χ0v) is 7.61. The van der Waals surface area contributed by atoms with E-state index >= 15 is 0 Å². The van der Waals surface area contributed by atoms with Crippen molar-refractivity contribution >= 4 is 17.7 Å². The minimum atomic E-state index is -2.85. The van der Waals surface area contributed by atoms with E-state index in [0.29, 0.717) is 6.54 Å². The van der Waals surface area contributed by atoms with Gasteiger partial charge in [-0.1, -0.05) is 0 Å². The van der Waals surface area contributed by atoms with Crippen LogP contribution in [0.15, 0.2) is 0 Å². The van der Waals surface area contributed by atoms with E-state index in [0.717, 1.165) is 11.5 Å². The van der Waals surface area contributed by atoms with E-state index in [2.05, 4.69) is 0 Å². The molecule has 0 spiro atoms. The van der Waals surface area contributed by atoms with Gasteiger partial charge in [0.25, 0.3) is 5.91 Å². The fraction of sp³-hybridized carbons (Fsp3) is 0.857. The number of halogens is 2. The first kappa shape index (κ1) is 9.77. The predicted molar refractivity (Wildman–Crippen MR) is 44.5 cm³/mol. The largest absolute Gasteiger partial charge is 0.333 e.